The van der Waals surface area contributed by atoms with E-state index < -0.39 is 0 Å². The zero-order valence-electron chi connectivity index (χ0n) is 13.0. The minimum atomic E-state index is -0.247. The quantitative estimate of drug-likeness (QED) is 0.754. The Balaban J connectivity index is 1.59. The molecular formula is C18H21FN4. The van der Waals surface area contributed by atoms with E-state index in [1.165, 1.54) is 22.2 Å². The summed E-state index contributed by atoms with van der Waals surface area (Å²) in [5.74, 6) is -0.247. The number of aromatic amines is 1. The monoisotopic (exact) mass is 312 g/mol. The minimum absolute atomic E-state index is 0.247. The van der Waals surface area contributed by atoms with Crippen molar-refractivity contribution in [1.82, 2.24) is 4.98 Å². The van der Waals surface area contributed by atoms with Gasteiger partial charge in [0.2, 0.25) is 0 Å². The van der Waals surface area contributed by atoms with E-state index in [-0.39, 0.29) is 5.82 Å². The van der Waals surface area contributed by atoms with E-state index in [4.69, 9.17) is 5.73 Å². The van der Waals surface area contributed by atoms with Crippen molar-refractivity contribution in [1.29, 1.82) is 0 Å². The van der Waals surface area contributed by atoms with Crippen LogP contribution in [0.15, 0.2) is 18.3 Å². The molecule has 1 aliphatic heterocycles. The van der Waals surface area contributed by atoms with Crippen LogP contribution in [0.4, 0.5) is 21.5 Å². The summed E-state index contributed by atoms with van der Waals surface area (Å²) in [5.41, 5.74) is 8.96. The average Bonchev–Trinajstić information content (AvgIpc) is 2.95. The van der Waals surface area contributed by atoms with Crippen LogP contribution in [0.3, 0.4) is 0 Å². The predicted octanol–water partition coefficient (Wildman–Crippen LogP) is 1.57. The van der Waals surface area contributed by atoms with Crippen molar-refractivity contribution in [2.24, 2.45) is 0 Å². The zero-order chi connectivity index (χ0) is 15.8. The first-order valence-electron chi connectivity index (χ1n) is 8.17. The normalized spacial score (nSPS) is 16.0. The SMILES string of the molecule is Nc1cc(F)c2c(c1)NCCN2CCc1c[nH]c2c1=CCCC=2. The molecule has 2 aliphatic rings. The maximum absolute atomic E-state index is 14.3. The highest BCUT2D eigenvalue weighted by atomic mass is 19.1. The Kier molecular flexibility index (Phi) is 3.48. The number of benzene rings is 1. The number of nitrogens with zero attached hydrogens (tertiary/aromatic N) is 1. The van der Waals surface area contributed by atoms with Crippen molar-refractivity contribution >= 4 is 29.2 Å². The first-order chi connectivity index (χ1) is 11.2. The second-order valence-corrected chi connectivity index (χ2v) is 6.19. The Morgan fingerprint density at radius 3 is 3.00 bits per heavy atom. The fraction of sp³-hybridized carbons (Fsp3) is 0.333. The van der Waals surface area contributed by atoms with Gasteiger partial charge < -0.3 is 20.9 Å². The van der Waals surface area contributed by atoms with Crippen LogP contribution in [0, 0.1) is 5.82 Å². The van der Waals surface area contributed by atoms with Gasteiger partial charge in [0, 0.05) is 36.9 Å². The minimum Gasteiger partial charge on any atom is -0.399 e. The number of anilines is 3. The molecule has 0 fully saturated rings. The summed E-state index contributed by atoms with van der Waals surface area (Å²) in [5, 5.41) is 5.79. The number of nitrogen functional groups attached to an aromatic ring is 1. The topological polar surface area (TPSA) is 57.1 Å². The van der Waals surface area contributed by atoms with Gasteiger partial charge in [-0.25, -0.2) is 4.39 Å². The fourth-order valence-corrected chi connectivity index (χ4v) is 3.56. The lowest BCUT2D eigenvalue weighted by Gasteiger charge is -2.32. The molecule has 1 aromatic carbocycles. The summed E-state index contributed by atoms with van der Waals surface area (Å²) in [4.78, 5) is 5.46. The number of fused-ring (bicyclic) bond motifs is 2. The summed E-state index contributed by atoms with van der Waals surface area (Å²) < 4.78 is 14.3. The number of nitrogens with one attached hydrogen (secondary N) is 2. The van der Waals surface area contributed by atoms with E-state index in [9.17, 15) is 4.39 Å². The van der Waals surface area contributed by atoms with Gasteiger partial charge >= 0.3 is 0 Å². The van der Waals surface area contributed by atoms with Crippen LogP contribution >= 0.6 is 0 Å². The maximum Gasteiger partial charge on any atom is 0.150 e. The summed E-state index contributed by atoms with van der Waals surface area (Å²) in [6.07, 6.45) is 9.74. The molecule has 0 amide bonds. The molecule has 0 bridgehead atoms. The molecule has 2 aromatic rings. The van der Waals surface area contributed by atoms with Gasteiger partial charge in [-0.3, -0.25) is 0 Å². The van der Waals surface area contributed by atoms with E-state index in [0.717, 1.165) is 44.6 Å². The van der Waals surface area contributed by atoms with Crippen LogP contribution in [0.25, 0.3) is 12.2 Å². The highest BCUT2D eigenvalue weighted by Gasteiger charge is 2.21. The number of halogens is 1. The van der Waals surface area contributed by atoms with Crippen LogP contribution in [-0.4, -0.2) is 24.6 Å². The lowest BCUT2D eigenvalue weighted by molar-refractivity contribution is 0.614. The van der Waals surface area contributed by atoms with Crippen molar-refractivity contribution < 1.29 is 4.39 Å². The van der Waals surface area contributed by atoms with Gasteiger partial charge in [-0.05, 0) is 42.2 Å². The second kappa shape index (κ2) is 5.65. The molecule has 1 aromatic heterocycles. The number of aromatic nitrogens is 1. The van der Waals surface area contributed by atoms with Crippen LogP contribution in [0.5, 0.6) is 0 Å². The molecule has 0 unspecified atom stereocenters. The third kappa shape index (κ3) is 2.56. The fourth-order valence-electron chi connectivity index (χ4n) is 3.56. The molecule has 0 spiro atoms. The van der Waals surface area contributed by atoms with Crippen molar-refractivity contribution in [2.75, 3.05) is 35.6 Å². The van der Waals surface area contributed by atoms with Crippen LogP contribution < -0.4 is 26.5 Å². The first kappa shape index (κ1) is 14.2. The highest BCUT2D eigenvalue weighted by Crippen LogP contribution is 2.34. The van der Waals surface area contributed by atoms with Gasteiger partial charge in [-0.2, -0.15) is 0 Å². The molecule has 120 valence electrons. The van der Waals surface area contributed by atoms with Gasteiger partial charge in [0.05, 0.1) is 11.4 Å². The van der Waals surface area contributed by atoms with Crippen LogP contribution in [0.1, 0.15) is 18.4 Å². The molecule has 2 heterocycles. The standard InChI is InChI=1S/C18H21FN4/c19-15-9-13(20)10-17-18(15)23(8-6-21-17)7-5-12-11-22-16-4-2-1-3-14(12)16/h3-4,9-11,21-22H,1-2,5-8,20H2. The number of hydrogen-bond acceptors (Lipinski definition) is 3. The molecular weight excluding hydrogens is 291 g/mol. The van der Waals surface area contributed by atoms with E-state index in [1.807, 2.05) is 6.07 Å². The van der Waals surface area contributed by atoms with E-state index in [2.05, 4.69) is 33.5 Å². The highest BCUT2D eigenvalue weighted by molar-refractivity contribution is 5.76. The molecule has 1 aliphatic carbocycles. The summed E-state index contributed by atoms with van der Waals surface area (Å²) in [7, 11) is 0. The Morgan fingerprint density at radius 2 is 2.09 bits per heavy atom. The Hall–Kier alpha value is -2.43. The Bertz CT molecular complexity index is 853. The maximum atomic E-state index is 14.3. The predicted molar refractivity (Wildman–Crippen MR) is 93.4 cm³/mol. The zero-order valence-corrected chi connectivity index (χ0v) is 13.0. The molecule has 0 atom stereocenters. The van der Waals surface area contributed by atoms with Crippen LogP contribution in [0.2, 0.25) is 0 Å². The number of hydrogen-bond donors (Lipinski definition) is 3. The molecule has 0 saturated heterocycles. The summed E-state index contributed by atoms with van der Waals surface area (Å²) >= 11 is 0. The Morgan fingerprint density at radius 1 is 1.22 bits per heavy atom. The van der Waals surface area contributed by atoms with Crippen molar-refractivity contribution in [2.45, 2.75) is 19.3 Å². The van der Waals surface area contributed by atoms with E-state index in [1.54, 1.807) is 0 Å². The lowest BCUT2D eigenvalue weighted by atomic mass is 10.1. The van der Waals surface area contributed by atoms with E-state index >= 15 is 0 Å². The van der Waals surface area contributed by atoms with Crippen molar-refractivity contribution in [3.05, 3.63) is 40.3 Å². The van der Waals surface area contributed by atoms with E-state index in [0.29, 0.717) is 11.4 Å². The molecule has 4 rings (SSSR count). The molecule has 4 N–H and O–H groups in total. The number of H-pyrrole nitrogens is 1. The van der Waals surface area contributed by atoms with Gasteiger partial charge in [0.1, 0.15) is 0 Å². The van der Waals surface area contributed by atoms with Gasteiger partial charge in [-0.1, -0.05) is 12.2 Å². The first-order valence-corrected chi connectivity index (χ1v) is 8.17. The van der Waals surface area contributed by atoms with Gasteiger partial charge in [0.15, 0.2) is 5.82 Å². The van der Waals surface area contributed by atoms with Gasteiger partial charge in [0.25, 0.3) is 0 Å². The smallest absolute Gasteiger partial charge is 0.150 e. The second-order valence-electron chi connectivity index (χ2n) is 6.19. The number of nitrogens with two attached hydrogens (primary N) is 1. The molecule has 5 heteroatoms. The summed E-state index contributed by atoms with van der Waals surface area (Å²) in [6.45, 7) is 2.41. The number of rotatable bonds is 3. The average molecular weight is 312 g/mol. The third-order valence-electron chi connectivity index (χ3n) is 4.65. The molecule has 0 radical (unpaired) electrons. The van der Waals surface area contributed by atoms with Crippen molar-refractivity contribution in [3.8, 4) is 0 Å². The molecule has 4 nitrogen and oxygen atoms in total. The Labute approximate surface area is 134 Å². The lowest BCUT2D eigenvalue weighted by Crippen LogP contribution is -2.37. The third-order valence-corrected chi connectivity index (χ3v) is 4.65. The molecule has 23 heavy (non-hydrogen) atoms. The van der Waals surface area contributed by atoms with Gasteiger partial charge in [-0.15, -0.1) is 0 Å². The molecule has 0 saturated carbocycles. The van der Waals surface area contributed by atoms with Crippen LogP contribution in [-0.2, 0) is 6.42 Å². The summed E-state index contributed by atoms with van der Waals surface area (Å²) in [6, 6.07) is 3.21. The largest absolute Gasteiger partial charge is 0.399 e. The van der Waals surface area contributed by atoms with Crippen molar-refractivity contribution in [3.63, 3.8) is 0 Å².